The highest BCUT2D eigenvalue weighted by Gasteiger charge is 2.61. The molecule has 2 fully saturated rings. The van der Waals surface area contributed by atoms with Crippen molar-refractivity contribution in [1.29, 1.82) is 0 Å². The van der Waals surface area contributed by atoms with Crippen molar-refractivity contribution in [2.75, 3.05) is 13.2 Å². The summed E-state index contributed by atoms with van der Waals surface area (Å²) >= 11 is 0. The Bertz CT molecular complexity index is 159. The maximum Gasteiger partial charge on any atom is 0.310 e. The number of carbonyl (C=O) groups excluding carboxylic acids is 1. The van der Waals surface area contributed by atoms with Gasteiger partial charge in [0.2, 0.25) is 0 Å². The maximum atomic E-state index is 11.0. The Kier molecular flexibility index (Phi) is 1.20. The summed E-state index contributed by atoms with van der Waals surface area (Å²) in [4.78, 5) is 11.0. The molecule has 1 aliphatic carbocycles. The third-order valence-electron chi connectivity index (χ3n) is 2.32. The largest absolute Gasteiger partial charge is 0.466 e. The van der Waals surface area contributed by atoms with E-state index in [4.69, 9.17) is 4.74 Å². The summed E-state index contributed by atoms with van der Waals surface area (Å²) in [5.74, 6) is 0.793. The lowest BCUT2D eigenvalue weighted by molar-refractivity contribution is -0.144. The summed E-state index contributed by atoms with van der Waals surface area (Å²) in [7, 11) is 0. The topological polar surface area (TPSA) is 38.3 Å². The van der Waals surface area contributed by atoms with E-state index in [9.17, 15) is 4.79 Å². The van der Waals surface area contributed by atoms with Crippen molar-refractivity contribution < 1.29 is 9.53 Å². The van der Waals surface area contributed by atoms with Crippen LogP contribution in [0.1, 0.15) is 6.92 Å². The average Bonchev–Trinajstić information content (AvgIpc) is 2.34. The second-order valence-electron chi connectivity index (χ2n) is 2.88. The molecule has 0 spiro atoms. The first-order valence-electron chi connectivity index (χ1n) is 3.74. The number of esters is 1. The van der Waals surface area contributed by atoms with Crippen molar-refractivity contribution in [3.05, 3.63) is 0 Å². The van der Waals surface area contributed by atoms with Gasteiger partial charge in [-0.2, -0.15) is 0 Å². The van der Waals surface area contributed by atoms with Gasteiger partial charge in [-0.05, 0) is 6.92 Å². The Balaban J connectivity index is 1.84. The van der Waals surface area contributed by atoms with Crippen molar-refractivity contribution in [2.24, 2.45) is 11.8 Å². The minimum atomic E-state index is -0.0116. The predicted octanol–water partition coefficient (Wildman–Crippen LogP) is -0.233. The molecule has 0 aromatic carbocycles. The van der Waals surface area contributed by atoms with Gasteiger partial charge in [0.15, 0.2) is 0 Å². The van der Waals surface area contributed by atoms with Gasteiger partial charge in [-0.25, -0.2) is 0 Å². The molecule has 1 N–H and O–H groups in total. The summed E-state index contributed by atoms with van der Waals surface area (Å²) in [5.41, 5.74) is 0. The lowest BCUT2D eigenvalue weighted by Crippen LogP contribution is -2.32. The molecule has 0 aromatic rings. The standard InChI is InChI=1S/C7H11NO2/c1-2-10-7(9)5-4-3-8-6(4)5/h4-6,8H,2-3H2,1H3/t4-,5-,6-/m1/s1. The third kappa shape index (κ3) is 0.669. The molecule has 10 heavy (non-hydrogen) atoms. The van der Waals surface area contributed by atoms with E-state index in [-0.39, 0.29) is 11.9 Å². The van der Waals surface area contributed by atoms with Crippen molar-refractivity contribution in [3.8, 4) is 0 Å². The van der Waals surface area contributed by atoms with E-state index in [0.717, 1.165) is 6.54 Å². The summed E-state index contributed by atoms with van der Waals surface area (Å²) in [6.45, 7) is 3.36. The first-order chi connectivity index (χ1) is 4.84. The molecule has 3 heteroatoms. The molecule has 0 aromatic heterocycles. The Labute approximate surface area is 59.7 Å². The van der Waals surface area contributed by atoms with Crippen LogP contribution < -0.4 is 5.32 Å². The molecule has 1 aliphatic heterocycles. The van der Waals surface area contributed by atoms with E-state index in [0.29, 0.717) is 18.6 Å². The minimum Gasteiger partial charge on any atom is -0.466 e. The van der Waals surface area contributed by atoms with Gasteiger partial charge in [0.1, 0.15) is 0 Å². The van der Waals surface area contributed by atoms with Crippen molar-refractivity contribution in [3.63, 3.8) is 0 Å². The van der Waals surface area contributed by atoms with Gasteiger partial charge in [-0.3, -0.25) is 4.79 Å². The van der Waals surface area contributed by atoms with Gasteiger partial charge in [0.25, 0.3) is 0 Å². The molecule has 0 bridgehead atoms. The van der Waals surface area contributed by atoms with Gasteiger partial charge in [0, 0.05) is 18.5 Å². The molecule has 0 unspecified atom stereocenters. The van der Waals surface area contributed by atoms with Crippen LogP contribution >= 0.6 is 0 Å². The van der Waals surface area contributed by atoms with E-state index >= 15 is 0 Å². The molecular weight excluding hydrogens is 130 g/mol. The van der Waals surface area contributed by atoms with Crippen LogP contribution in [0.25, 0.3) is 0 Å². The molecule has 2 rings (SSSR count). The fourth-order valence-corrected chi connectivity index (χ4v) is 1.58. The molecule has 3 nitrogen and oxygen atoms in total. The van der Waals surface area contributed by atoms with Gasteiger partial charge >= 0.3 is 5.97 Å². The maximum absolute atomic E-state index is 11.0. The van der Waals surface area contributed by atoms with Crippen LogP contribution in [0.3, 0.4) is 0 Å². The molecule has 2 aliphatic rings. The zero-order valence-corrected chi connectivity index (χ0v) is 5.96. The zero-order chi connectivity index (χ0) is 7.14. The van der Waals surface area contributed by atoms with Crippen molar-refractivity contribution in [1.82, 2.24) is 5.32 Å². The number of ether oxygens (including phenoxy) is 1. The first-order valence-corrected chi connectivity index (χ1v) is 3.74. The van der Waals surface area contributed by atoms with Gasteiger partial charge in [0.05, 0.1) is 12.5 Å². The molecule has 56 valence electrons. The SMILES string of the molecule is CCOC(=O)[C@@H]1[C@H]2CN[C@H]21. The average molecular weight is 141 g/mol. The Morgan fingerprint density at radius 2 is 2.50 bits per heavy atom. The van der Waals surface area contributed by atoms with Crippen LogP contribution in [0.4, 0.5) is 0 Å². The zero-order valence-electron chi connectivity index (χ0n) is 5.96. The number of carbonyl (C=O) groups is 1. The molecular formula is C7H11NO2. The molecule has 1 heterocycles. The van der Waals surface area contributed by atoms with Crippen LogP contribution in [0.5, 0.6) is 0 Å². The van der Waals surface area contributed by atoms with Crippen LogP contribution in [0.15, 0.2) is 0 Å². The minimum absolute atomic E-state index is 0.0116. The molecule has 1 saturated carbocycles. The molecule has 3 atom stereocenters. The number of rotatable bonds is 2. The van der Waals surface area contributed by atoms with Crippen LogP contribution in [0, 0.1) is 11.8 Å². The van der Waals surface area contributed by atoms with E-state index in [1.54, 1.807) is 0 Å². The molecule has 1 saturated heterocycles. The second-order valence-corrected chi connectivity index (χ2v) is 2.88. The highest BCUT2D eigenvalue weighted by Crippen LogP contribution is 2.45. The van der Waals surface area contributed by atoms with E-state index < -0.39 is 0 Å². The van der Waals surface area contributed by atoms with E-state index in [2.05, 4.69) is 5.32 Å². The summed E-state index contributed by atoms with van der Waals surface area (Å²) < 4.78 is 4.87. The fourth-order valence-electron chi connectivity index (χ4n) is 1.58. The fraction of sp³-hybridized carbons (Fsp3) is 0.857. The lowest BCUT2D eigenvalue weighted by atomic mass is 10.3. The monoisotopic (exact) mass is 141 g/mol. The predicted molar refractivity (Wildman–Crippen MR) is 35.4 cm³/mol. The van der Waals surface area contributed by atoms with E-state index in [1.807, 2.05) is 6.92 Å². The number of hydrogen-bond acceptors (Lipinski definition) is 3. The first kappa shape index (κ1) is 6.16. The van der Waals surface area contributed by atoms with Crippen molar-refractivity contribution >= 4 is 5.97 Å². The quantitative estimate of drug-likeness (QED) is 0.540. The van der Waals surface area contributed by atoms with E-state index in [1.165, 1.54) is 0 Å². The Hall–Kier alpha value is -0.570. The van der Waals surface area contributed by atoms with Crippen LogP contribution in [-0.4, -0.2) is 25.2 Å². The highest BCUT2D eigenvalue weighted by atomic mass is 16.5. The molecule has 0 amide bonds. The smallest absolute Gasteiger partial charge is 0.310 e. The highest BCUT2D eigenvalue weighted by molar-refractivity contribution is 5.78. The van der Waals surface area contributed by atoms with Gasteiger partial charge < -0.3 is 10.1 Å². The Morgan fingerprint density at radius 3 is 2.90 bits per heavy atom. The second kappa shape index (κ2) is 1.95. The molecule has 0 radical (unpaired) electrons. The van der Waals surface area contributed by atoms with Crippen LogP contribution in [-0.2, 0) is 9.53 Å². The normalized spacial score (nSPS) is 41.5. The summed E-state index contributed by atoms with van der Waals surface area (Å²) in [6.07, 6.45) is 0. The van der Waals surface area contributed by atoms with Crippen molar-refractivity contribution in [2.45, 2.75) is 13.0 Å². The summed E-state index contributed by atoms with van der Waals surface area (Å²) in [6, 6.07) is 0.471. The van der Waals surface area contributed by atoms with Gasteiger partial charge in [-0.1, -0.05) is 0 Å². The third-order valence-corrected chi connectivity index (χ3v) is 2.32. The summed E-state index contributed by atoms with van der Waals surface area (Å²) in [5, 5.41) is 3.17. The van der Waals surface area contributed by atoms with Crippen LogP contribution in [0.2, 0.25) is 0 Å². The van der Waals surface area contributed by atoms with Gasteiger partial charge in [-0.15, -0.1) is 0 Å². The number of fused-ring (bicyclic) bond motifs is 1. The number of nitrogens with one attached hydrogen (secondary N) is 1. The number of hydrogen-bond donors (Lipinski definition) is 1. The Morgan fingerprint density at radius 1 is 1.80 bits per heavy atom. The lowest BCUT2D eigenvalue weighted by Gasteiger charge is -2.08.